The number of benzene rings is 1. The van der Waals surface area contributed by atoms with Crippen molar-refractivity contribution in [3.63, 3.8) is 0 Å². The van der Waals surface area contributed by atoms with Crippen LogP contribution in [0.3, 0.4) is 0 Å². The van der Waals surface area contributed by atoms with E-state index in [9.17, 15) is 14.7 Å². The van der Waals surface area contributed by atoms with Crippen LogP contribution in [-0.4, -0.2) is 22.8 Å². The summed E-state index contributed by atoms with van der Waals surface area (Å²) in [6.45, 7) is 4.18. The zero-order valence-electron chi connectivity index (χ0n) is 12.5. The number of rotatable bonds is 5. The van der Waals surface area contributed by atoms with Gasteiger partial charge < -0.3 is 14.4 Å². The number of ether oxygens (including phenoxy) is 1. The summed E-state index contributed by atoms with van der Waals surface area (Å²) in [5.74, 6) is -0.484. The van der Waals surface area contributed by atoms with Crippen LogP contribution < -0.4 is 10.2 Å². The summed E-state index contributed by atoms with van der Waals surface area (Å²) in [4.78, 5) is 24.0. The number of carboxylic acid groups (broad SMARTS) is 1. The quantitative estimate of drug-likeness (QED) is 0.919. The number of unbranched alkanes of at least 4 members (excludes halogenated alkanes) is 1. The Morgan fingerprint density at radius 2 is 2.10 bits per heavy atom. The molecule has 0 amide bonds. The fraction of sp³-hybridized carbons (Fsp3) is 0.375. The first-order valence-electron chi connectivity index (χ1n) is 6.95. The zero-order chi connectivity index (χ0) is 15.6. The van der Waals surface area contributed by atoms with Crippen LogP contribution in [-0.2, 0) is 6.54 Å². The van der Waals surface area contributed by atoms with Crippen molar-refractivity contribution in [2.24, 2.45) is 0 Å². The van der Waals surface area contributed by atoms with Crippen molar-refractivity contribution < 1.29 is 14.6 Å². The number of fused-ring (bicyclic) bond motifs is 1. The van der Waals surface area contributed by atoms with Gasteiger partial charge in [0.1, 0.15) is 11.4 Å². The maximum atomic E-state index is 12.4. The molecule has 0 bridgehead atoms. The van der Waals surface area contributed by atoms with E-state index in [0.29, 0.717) is 23.2 Å². The highest BCUT2D eigenvalue weighted by Gasteiger charge is 2.19. The van der Waals surface area contributed by atoms with Gasteiger partial charge in [-0.15, -0.1) is 0 Å². The highest BCUT2D eigenvalue weighted by atomic mass is 16.5. The average molecular weight is 289 g/mol. The van der Waals surface area contributed by atoms with Crippen LogP contribution in [0.4, 0.5) is 0 Å². The molecule has 2 aromatic rings. The molecule has 21 heavy (non-hydrogen) atoms. The van der Waals surface area contributed by atoms with Gasteiger partial charge in [-0.2, -0.15) is 0 Å². The van der Waals surface area contributed by atoms with Crippen molar-refractivity contribution in [3.05, 3.63) is 39.7 Å². The highest BCUT2D eigenvalue weighted by Crippen LogP contribution is 2.22. The molecule has 0 unspecified atom stereocenters. The summed E-state index contributed by atoms with van der Waals surface area (Å²) in [5.41, 5.74) is 0.719. The van der Waals surface area contributed by atoms with E-state index < -0.39 is 5.97 Å². The molecule has 1 heterocycles. The fourth-order valence-corrected chi connectivity index (χ4v) is 2.52. The smallest absolute Gasteiger partial charge is 0.352 e. The molecule has 0 saturated heterocycles. The highest BCUT2D eigenvalue weighted by molar-refractivity contribution is 5.92. The Kier molecular flexibility index (Phi) is 4.31. The first-order chi connectivity index (χ1) is 10.0. The lowest BCUT2D eigenvalue weighted by Gasteiger charge is -2.17. The van der Waals surface area contributed by atoms with Crippen molar-refractivity contribution in [1.82, 2.24) is 4.57 Å². The maximum absolute atomic E-state index is 12.4. The van der Waals surface area contributed by atoms with Crippen LogP contribution in [0.15, 0.2) is 23.0 Å². The summed E-state index contributed by atoms with van der Waals surface area (Å²) in [5, 5.41) is 9.94. The first-order valence-corrected chi connectivity index (χ1v) is 6.95. The Bertz CT molecular complexity index is 746. The van der Waals surface area contributed by atoms with Crippen molar-refractivity contribution in [3.8, 4) is 5.75 Å². The average Bonchev–Trinajstić information content (AvgIpc) is 2.48. The minimum atomic E-state index is -1.07. The van der Waals surface area contributed by atoms with Crippen LogP contribution in [0.5, 0.6) is 5.75 Å². The van der Waals surface area contributed by atoms with Gasteiger partial charge in [-0.1, -0.05) is 13.3 Å². The number of aromatic carboxylic acids is 1. The lowest BCUT2D eigenvalue weighted by molar-refractivity contribution is 0.0683. The maximum Gasteiger partial charge on any atom is 0.352 e. The largest absolute Gasteiger partial charge is 0.497 e. The summed E-state index contributed by atoms with van der Waals surface area (Å²) in [6.07, 6.45) is 1.80. The SMILES string of the molecule is CCCCn1c(C(=O)O)c(C)c(=O)c2cc(OC)ccc21. The van der Waals surface area contributed by atoms with Crippen LogP contribution in [0.1, 0.15) is 35.8 Å². The molecule has 1 aromatic heterocycles. The Morgan fingerprint density at radius 1 is 1.38 bits per heavy atom. The normalized spacial score (nSPS) is 10.8. The third kappa shape index (κ3) is 2.63. The second kappa shape index (κ2) is 5.99. The monoisotopic (exact) mass is 289 g/mol. The molecule has 0 spiro atoms. The van der Waals surface area contributed by atoms with E-state index in [1.54, 1.807) is 29.7 Å². The second-order valence-corrected chi connectivity index (χ2v) is 5.00. The molecule has 1 aromatic carbocycles. The third-order valence-electron chi connectivity index (χ3n) is 3.64. The number of carbonyl (C=O) groups is 1. The van der Waals surface area contributed by atoms with Gasteiger partial charge in [0.25, 0.3) is 0 Å². The Hall–Kier alpha value is -2.30. The summed E-state index contributed by atoms with van der Waals surface area (Å²) in [6, 6.07) is 5.15. The number of methoxy groups -OCH3 is 1. The first kappa shape index (κ1) is 15.1. The molecule has 0 radical (unpaired) electrons. The molecular weight excluding hydrogens is 270 g/mol. The van der Waals surface area contributed by atoms with Gasteiger partial charge in [-0.05, 0) is 31.5 Å². The molecular formula is C16H19NO4. The predicted octanol–water partition coefficient (Wildman–Crippen LogP) is 2.82. The van der Waals surface area contributed by atoms with E-state index >= 15 is 0 Å². The van der Waals surface area contributed by atoms with Crippen LogP contribution in [0, 0.1) is 6.92 Å². The molecule has 5 heteroatoms. The molecule has 0 fully saturated rings. The van der Waals surface area contributed by atoms with E-state index in [4.69, 9.17) is 4.74 Å². The Balaban J connectivity index is 2.86. The van der Waals surface area contributed by atoms with E-state index in [-0.39, 0.29) is 16.7 Å². The van der Waals surface area contributed by atoms with Crippen molar-refractivity contribution in [1.29, 1.82) is 0 Å². The Morgan fingerprint density at radius 3 is 2.67 bits per heavy atom. The van der Waals surface area contributed by atoms with Gasteiger partial charge in [0.15, 0.2) is 5.43 Å². The topological polar surface area (TPSA) is 68.5 Å². The number of hydrogen-bond acceptors (Lipinski definition) is 3. The summed E-state index contributed by atoms with van der Waals surface area (Å²) >= 11 is 0. The second-order valence-electron chi connectivity index (χ2n) is 5.00. The van der Waals surface area contributed by atoms with Crippen LogP contribution in [0.25, 0.3) is 10.9 Å². The minimum absolute atomic E-state index is 0.0751. The number of nitrogens with zero attached hydrogens (tertiary/aromatic N) is 1. The van der Waals surface area contributed by atoms with Crippen molar-refractivity contribution in [2.75, 3.05) is 7.11 Å². The lowest BCUT2D eigenvalue weighted by Crippen LogP contribution is -2.22. The summed E-state index contributed by atoms with van der Waals surface area (Å²) in [7, 11) is 1.54. The molecule has 0 aliphatic rings. The molecule has 0 saturated carbocycles. The molecule has 0 aliphatic carbocycles. The van der Waals surface area contributed by atoms with Crippen molar-refractivity contribution >= 4 is 16.9 Å². The number of hydrogen-bond donors (Lipinski definition) is 1. The van der Waals surface area contributed by atoms with Gasteiger partial charge >= 0.3 is 5.97 Å². The molecule has 1 N–H and O–H groups in total. The van der Waals surface area contributed by atoms with Gasteiger partial charge in [-0.3, -0.25) is 4.79 Å². The molecule has 112 valence electrons. The number of aryl methyl sites for hydroxylation is 1. The minimum Gasteiger partial charge on any atom is -0.497 e. The lowest BCUT2D eigenvalue weighted by atomic mass is 10.1. The van der Waals surface area contributed by atoms with E-state index in [0.717, 1.165) is 12.8 Å². The molecule has 0 atom stereocenters. The fourth-order valence-electron chi connectivity index (χ4n) is 2.52. The zero-order valence-corrected chi connectivity index (χ0v) is 12.5. The summed E-state index contributed by atoms with van der Waals surface area (Å²) < 4.78 is 6.87. The van der Waals surface area contributed by atoms with E-state index in [2.05, 4.69) is 0 Å². The van der Waals surface area contributed by atoms with Crippen LogP contribution in [0.2, 0.25) is 0 Å². The van der Waals surface area contributed by atoms with Crippen molar-refractivity contribution in [2.45, 2.75) is 33.2 Å². The third-order valence-corrected chi connectivity index (χ3v) is 3.64. The standard InChI is InChI=1S/C16H19NO4/c1-4-5-8-17-13-7-6-11(21-3)9-12(13)15(18)10(2)14(17)16(19)20/h6-7,9H,4-5,8H2,1-3H3,(H,19,20). The van der Waals surface area contributed by atoms with Gasteiger partial charge in [0.2, 0.25) is 0 Å². The molecule has 2 rings (SSSR count). The molecule has 0 aliphatic heterocycles. The van der Waals surface area contributed by atoms with Crippen LogP contribution >= 0.6 is 0 Å². The molecule has 5 nitrogen and oxygen atoms in total. The van der Waals surface area contributed by atoms with E-state index in [1.807, 2.05) is 6.92 Å². The number of pyridine rings is 1. The Labute approximate surface area is 122 Å². The van der Waals surface area contributed by atoms with Gasteiger partial charge in [0, 0.05) is 17.5 Å². The predicted molar refractivity (Wildman–Crippen MR) is 81.4 cm³/mol. The van der Waals surface area contributed by atoms with Gasteiger partial charge in [0.05, 0.1) is 12.6 Å². The van der Waals surface area contributed by atoms with E-state index in [1.165, 1.54) is 7.11 Å². The number of aromatic nitrogens is 1. The van der Waals surface area contributed by atoms with Gasteiger partial charge in [-0.25, -0.2) is 4.79 Å². The number of carboxylic acids is 1.